The Morgan fingerprint density at radius 2 is 1.94 bits per heavy atom. The Morgan fingerprint density at radius 3 is 2.53 bits per heavy atom. The van der Waals surface area contributed by atoms with E-state index in [1.165, 1.54) is 5.56 Å². The first-order valence-corrected chi connectivity index (χ1v) is 5.92. The van der Waals surface area contributed by atoms with E-state index < -0.39 is 0 Å². The van der Waals surface area contributed by atoms with Crippen molar-refractivity contribution < 1.29 is 9.47 Å². The first-order chi connectivity index (χ1) is 7.98. The molecule has 3 heteroatoms. The lowest BCUT2D eigenvalue weighted by Crippen LogP contribution is -2.25. The number of aryl methyl sites for hydroxylation is 1. The van der Waals surface area contributed by atoms with Crippen molar-refractivity contribution in [2.75, 3.05) is 26.1 Å². The van der Waals surface area contributed by atoms with Gasteiger partial charge in [-0.3, -0.25) is 0 Å². The number of rotatable bonds is 6. The van der Waals surface area contributed by atoms with Crippen LogP contribution in [0, 0.1) is 6.92 Å². The highest BCUT2D eigenvalue weighted by Crippen LogP contribution is 2.25. The molecule has 0 bridgehead atoms. The molecule has 0 saturated heterocycles. The van der Waals surface area contributed by atoms with Gasteiger partial charge in [-0.15, -0.1) is 0 Å². The van der Waals surface area contributed by atoms with Gasteiger partial charge in [-0.2, -0.15) is 0 Å². The summed E-state index contributed by atoms with van der Waals surface area (Å²) in [5.74, 6) is 0.880. The summed E-state index contributed by atoms with van der Waals surface area (Å²) in [6, 6.07) is 6.13. The first kappa shape index (κ1) is 13.8. The zero-order chi connectivity index (χ0) is 12.9. The minimum Gasteiger partial charge on any atom is -0.495 e. The molecule has 1 N–H and O–H groups in total. The van der Waals surface area contributed by atoms with Gasteiger partial charge >= 0.3 is 0 Å². The lowest BCUT2D eigenvalue weighted by molar-refractivity contribution is 0.0185. The minimum atomic E-state index is -0.0932. The van der Waals surface area contributed by atoms with Gasteiger partial charge in [0.1, 0.15) is 5.75 Å². The van der Waals surface area contributed by atoms with E-state index in [-0.39, 0.29) is 5.60 Å². The van der Waals surface area contributed by atoms with Gasteiger partial charge < -0.3 is 14.8 Å². The van der Waals surface area contributed by atoms with E-state index in [9.17, 15) is 0 Å². The van der Waals surface area contributed by atoms with Gasteiger partial charge in [0.05, 0.1) is 18.4 Å². The van der Waals surface area contributed by atoms with Crippen molar-refractivity contribution >= 4 is 5.69 Å². The molecular weight excluding hydrogens is 214 g/mol. The van der Waals surface area contributed by atoms with Gasteiger partial charge in [-0.05, 0) is 44.9 Å². The molecule has 1 aromatic rings. The second-order valence-electron chi connectivity index (χ2n) is 4.84. The van der Waals surface area contributed by atoms with Crippen LogP contribution in [0.3, 0.4) is 0 Å². The Balaban J connectivity index is 2.59. The van der Waals surface area contributed by atoms with Crippen LogP contribution in [-0.2, 0) is 4.74 Å². The number of hydrogen-bond acceptors (Lipinski definition) is 3. The van der Waals surface area contributed by atoms with Gasteiger partial charge in [0.25, 0.3) is 0 Å². The van der Waals surface area contributed by atoms with Crippen molar-refractivity contribution in [3.05, 3.63) is 23.8 Å². The lowest BCUT2D eigenvalue weighted by Gasteiger charge is -2.23. The fourth-order valence-electron chi connectivity index (χ4n) is 1.56. The third kappa shape index (κ3) is 4.27. The zero-order valence-electron chi connectivity index (χ0n) is 11.5. The molecule has 0 aliphatic carbocycles. The Kier molecular flexibility index (Phi) is 4.82. The van der Waals surface area contributed by atoms with Crippen molar-refractivity contribution in [3.63, 3.8) is 0 Å². The van der Waals surface area contributed by atoms with Gasteiger partial charge in [0, 0.05) is 13.7 Å². The molecule has 96 valence electrons. The summed E-state index contributed by atoms with van der Waals surface area (Å²) in [6.45, 7) is 7.11. The smallest absolute Gasteiger partial charge is 0.141 e. The van der Waals surface area contributed by atoms with E-state index in [4.69, 9.17) is 9.47 Å². The summed E-state index contributed by atoms with van der Waals surface area (Å²) < 4.78 is 10.7. The fraction of sp³-hybridized carbons (Fsp3) is 0.571. The highest BCUT2D eigenvalue weighted by Gasteiger charge is 2.15. The molecule has 17 heavy (non-hydrogen) atoms. The first-order valence-electron chi connectivity index (χ1n) is 5.92. The number of ether oxygens (including phenoxy) is 2. The molecule has 1 rings (SSSR count). The largest absolute Gasteiger partial charge is 0.495 e. The molecule has 0 radical (unpaired) electrons. The van der Waals surface area contributed by atoms with Crippen LogP contribution in [0.5, 0.6) is 5.75 Å². The molecule has 0 unspecified atom stereocenters. The summed E-state index contributed by atoms with van der Waals surface area (Å²) in [7, 11) is 3.43. The Morgan fingerprint density at radius 1 is 1.24 bits per heavy atom. The van der Waals surface area contributed by atoms with Gasteiger partial charge in [0.15, 0.2) is 0 Å². The molecular formula is C14H23NO2. The minimum absolute atomic E-state index is 0.0932. The Bertz CT molecular complexity index is 361. The highest BCUT2D eigenvalue weighted by atomic mass is 16.5. The number of hydrogen-bond donors (Lipinski definition) is 1. The van der Waals surface area contributed by atoms with E-state index >= 15 is 0 Å². The third-order valence-electron chi connectivity index (χ3n) is 2.95. The van der Waals surface area contributed by atoms with Crippen molar-refractivity contribution in [1.29, 1.82) is 0 Å². The average Bonchev–Trinajstić information content (AvgIpc) is 2.29. The molecule has 3 nitrogen and oxygen atoms in total. The fourth-order valence-corrected chi connectivity index (χ4v) is 1.56. The van der Waals surface area contributed by atoms with Crippen molar-refractivity contribution in [3.8, 4) is 5.75 Å². The monoisotopic (exact) mass is 237 g/mol. The Hall–Kier alpha value is -1.22. The normalized spacial score (nSPS) is 11.4. The summed E-state index contributed by atoms with van der Waals surface area (Å²) >= 11 is 0. The molecule has 0 heterocycles. The van der Waals surface area contributed by atoms with Crippen LogP contribution < -0.4 is 10.1 Å². The standard InChI is InChI=1S/C14H23NO2/c1-11-6-7-13(16-4)12(10-11)15-9-8-14(2,3)17-5/h6-7,10,15H,8-9H2,1-5H3. The van der Waals surface area contributed by atoms with Crippen LogP contribution in [-0.4, -0.2) is 26.4 Å². The molecule has 0 aliphatic rings. The molecule has 1 aromatic carbocycles. The maximum absolute atomic E-state index is 5.38. The van der Waals surface area contributed by atoms with Crippen molar-refractivity contribution in [2.45, 2.75) is 32.8 Å². The Labute approximate surface area is 104 Å². The predicted molar refractivity (Wildman–Crippen MR) is 71.9 cm³/mol. The molecule has 0 fully saturated rings. The van der Waals surface area contributed by atoms with Crippen molar-refractivity contribution in [1.82, 2.24) is 0 Å². The number of benzene rings is 1. The predicted octanol–water partition coefficient (Wildman–Crippen LogP) is 3.23. The number of nitrogens with one attached hydrogen (secondary N) is 1. The molecule has 0 saturated carbocycles. The number of anilines is 1. The quantitative estimate of drug-likeness (QED) is 0.824. The lowest BCUT2D eigenvalue weighted by atomic mass is 10.1. The molecule has 0 atom stereocenters. The van der Waals surface area contributed by atoms with Crippen LogP contribution in [0.25, 0.3) is 0 Å². The van der Waals surface area contributed by atoms with E-state index in [1.54, 1.807) is 14.2 Å². The summed E-state index contributed by atoms with van der Waals surface area (Å²) in [5.41, 5.74) is 2.17. The second-order valence-corrected chi connectivity index (χ2v) is 4.84. The number of methoxy groups -OCH3 is 2. The van der Waals surface area contributed by atoms with E-state index in [2.05, 4.69) is 32.2 Å². The van der Waals surface area contributed by atoms with Crippen LogP contribution in [0.15, 0.2) is 18.2 Å². The second kappa shape index (κ2) is 5.92. The molecule has 0 amide bonds. The van der Waals surface area contributed by atoms with Crippen molar-refractivity contribution in [2.24, 2.45) is 0 Å². The maximum atomic E-state index is 5.38. The van der Waals surface area contributed by atoms with Gasteiger partial charge in [-0.1, -0.05) is 6.07 Å². The molecule has 0 spiro atoms. The zero-order valence-corrected chi connectivity index (χ0v) is 11.5. The average molecular weight is 237 g/mol. The van der Waals surface area contributed by atoms with E-state index in [1.807, 2.05) is 12.1 Å². The van der Waals surface area contributed by atoms with Crippen LogP contribution in [0.4, 0.5) is 5.69 Å². The highest BCUT2D eigenvalue weighted by molar-refractivity contribution is 5.57. The summed E-state index contributed by atoms with van der Waals surface area (Å²) in [4.78, 5) is 0. The van der Waals surface area contributed by atoms with E-state index in [0.717, 1.165) is 24.4 Å². The van der Waals surface area contributed by atoms with Crippen LogP contribution >= 0.6 is 0 Å². The van der Waals surface area contributed by atoms with Gasteiger partial charge in [0.2, 0.25) is 0 Å². The van der Waals surface area contributed by atoms with Gasteiger partial charge in [-0.25, -0.2) is 0 Å². The van der Waals surface area contributed by atoms with Crippen LogP contribution in [0.2, 0.25) is 0 Å². The van der Waals surface area contributed by atoms with E-state index in [0.29, 0.717) is 0 Å². The summed E-state index contributed by atoms with van der Waals surface area (Å²) in [6.07, 6.45) is 0.945. The molecule has 0 aliphatic heterocycles. The third-order valence-corrected chi connectivity index (χ3v) is 2.95. The topological polar surface area (TPSA) is 30.5 Å². The SMILES string of the molecule is COc1ccc(C)cc1NCCC(C)(C)OC. The molecule has 0 aromatic heterocycles. The van der Waals surface area contributed by atoms with Crippen LogP contribution in [0.1, 0.15) is 25.8 Å². The maximum Gasteiger partial charge on any atom is 0.141 e. The summed E-state index contributed by atoms with van der Waals surface area (Å²) in [5, 5.41) is 3.39.